The minimum atomic E-state index is -4.31. The van der Waals surface area contributed by atoms with Crippen molar-refractivity contribution >= 4 is 18.5 Å². The van der Waals surface area contributed by atoms with Crippen molar-refractivity contribution in [1.29, 1.82) is 0 Å². The largest absolute Gasteiger partial charge is 0.416 e. The van der Waals surface area contributed by atoms with Crippen molar-refractivity contribution in [1.82, 2.24) is 0 Å². The molecule has 0 aliphatic heterocycles. The van der Waals surface area contributed by atoms with Gasteiger partial charge in [0.1, 0.15) is 0 Å². The van der Waals surface area contributed by atoms with Crippen molar-refractivity contribution < 1.29 is 13.2 Å². The molecule has 0 aliphatic carbocycles. The predicted octanol–water partition coefficient (Wildman–Crippen LogP) is 5.34. The third kappa shape index (κ3) is 4.04. The van der Waals surface area contributed by atoms with E-state index in [1.54, 1.807) is 6.07 Å². The van der Waals surface area contributed by atoms with Gasteiger partial charge in [-0.25, -0.2) is 0 Å². The maximum absolute atomic E-state index is 13.0. The standard InChI is InChI=1S/C20H16F3P/c21-20(22,23)17-9-7-8-16(14-17)15-24(18-10-3-1-4-11-18)19-12-5-2-6-13-19/h1-14H,15H2. The van der Waals surface area contributed by atoms with E-state index in [1.165, 1.54) is 12.1 Å². The molecular formula is C20H16F3P. The highest BCUT2D eigenvalue weighted by Gasteiger charge is 2.30. The Morgan fingerprint density at radius 3 is 1.71 bits per heavy atom. The molecule has 3 rings (SSSR count). The van der Waals surface area contributed by atoms with Gasteiger partial charge in [0.2, 0.25) is 0 Å². The first kappa shape index (κ1) is 16.7. The van der Waals surface area contributed by atoms with Crippen molar-refractivity contribution in [3.8, 4) is 0 Å². The van der Waals surface area contributed by atoms with Gasteiger partial charge in [-0.05, 0) is 30.2 Å². The Kier molecular flexibility index (Phi) is 5.01. The molecule has 0 aromatic heterocycles. The van der Waals surface area contributed by atoms with E-state index in [2.05, 4.69) is 0 Å². The number of hydrogen-bond acceptors (Lipinski definition) is 0. The summed E-state index contributed by atoms with van der Waals surface area (Å²) in [5, 5.41) is 2.33. The van der Waals surface area contributed by atoms with Crippen LogP contribution in [-0.4, -0.2) is 0 Å². The first-order valence-corrected chi connectivity index (χ1v) is 9.10. The quantitative estimate of drug-likeness (QED) is 0.561. The lowest BCUT2D eigenvalue weighted by molar-refractivity contribution is -0.137. The number of rotatable bonds is 4. The highest BCUT2D eigenvalue weighted by Crippen LogP contribution is 2.39. The van der Waals surface area contributed by atoms with E-state index in [-0.39, 0.29) is 0 Å². The molecule has 0 fully saturated rings. The smallest absolute Gasteiger partial charge is 0.166 e. The maximum atomic E-state index is 13.0. The zero-order valence-corrected chi connectivity index (χ0v) is 13.8. The molecule has 0 bridgehead atoms. The molecule has 0 saturated heterocycles. The Balaban J connectivity index is 1.96. The summed E-state index contributed by atoms with van der Waals surface area (Å²) in [5.74, 6) is 0. The molecule has 4 heteroatoms. The van der Waals surface area contributed by atoms with E-state index in [0.717, 1.165) is 16.7 Å². The van der Waals surface area contributed by atoms with E-state index in [0.29, 0.717) is 11.7 Å². The molecule has 0 N–H and O–H groups in total. The average molecular weight is 344 g/mol. The zero-order valence-electron chi connectivity index (χ0n) is 12.9. The van der Waals surface area contributed by atoms with Crippen LogP contribution in [0.1, 0.15) is 11.1 Å². The molecule has 3 aromatic carbocycles. The highest BCUT2D eigenvalue weighted by molar-refractivity contribution is 7.72. The van der Waals surface area contributed by atoms with E-state index < -0.39 is 19.7 Å². The second-order valence-corrected chi connectivity index (χ2v) is 7.66. The van der Waals surface area contributed by atoms with Crippen molar-refractivity contribution in [3.63, 3.8) is 0 Å². The molecule has 0 atom stereocenters. The van der Waals surface area contributed by atoms with Gasteiger partial charge in [-0.15, -0.1) is 0 Å². The molecule has 122 valence electrons. The van der Waals surface area contributed by atoms with E-state index in [4.69, 9.17) is 0 Å². The monoisotopic (exact) mass is 344 g/mol. The molecular weight excluding hydrogens is 328 g/mol. The summed E-state index contributed by atoms with van der Waals surface area (Å²) >= 11 is 0. The molecule has 0 nitrogen and oxygen atoms in total. The van der Waals surface area contributed by atoms with Crippen LogP contribution in [0, 0.1) is 0 Å². The molecule has 24 heavy (non-hydrogen) atoms. The first-order chi connectivity index (χ1) is 11.5. The highest BCUT2D eigenvalue weighted by atomic mass is 31.1. The summed E-state index contributed by atoms with van der Waals surface area (Å²) in [6.07, 6.45) is -3.72. The molecule has 0 saturated carbocycles. The van der Waals surface area contributed by atoms with Gasteiger partial charge in [0.25, 0.3) is 0 Å². The van der Waals surface area contributed by atoms with Gasteiger partial charge < -0.3 is 0 Å². The topological polar surface area (TPSA) is 0 Å². The lowest BCUT2D eigenvalue weighted by Gasteiger charge is -2.19. The third-order valence-corrected chi connectivity index (χ3v) is 6.26. The van der Waals surface area contributed by atoms with Gasteiger partial charge in [-0.3, -0.25) is 0 Å². The van der Waals surface area contributed by atoms with Crippen LogP contribution in [0.5, 0.6) is 0 Å². The zero-order chi connectivity index (χ0) is 17.0. The van der Waals surface area contributed by atoms with Gasteiger partial charge in [-0.2, -0.15) is 13.2 Å². The SMILES string of the molecule is FC(F)(F)c1cccc(CP(c2ccccc2)c2ccccc2)c1. The van der Waals surface area contributed by atoms with Gasteiger partial charge in [0.15, 0.2) is 0 Å². The number of alkyl halides is 3. The minimum Gasteiger partial charge on any atom is -0.166 e. The van der Waals surface area contributed by atoms with Gasteiger partial charge in [0.05, 0.1) is 5.56 Å². The summed E-state index contributed by atoms with van der Waals surface area (Å²) in [6.45, 7) is 0. The number of hydrogen-bond donors (Lipinski definition) is 0. The van der Waals surface area contributed by atoms with E-state index >= 15 is 0 Å². The maximum Gasteiger partial charge on any atom is 0.416 e. The normalized spacial score (nSPS) is 11.7. The van der Waals surface area contributed by atoms with Crippen molar-refractivity contribution in [2.24, 2.45) is 0 Å². The van der Waals surface area contributed by atoms with E-state index in [1.807, 2.05) is 60.7 Å². The van der Waals surface area contributed by atoms with Crippen LogP contribution >= 0.6 is 7.92 Å². The second-order valence-electron chi connectivity index (χ2n) is 5.46. The third-order valence-electron chi connectivity index (χ3n) is 3.73. The van der Waals surface area contributed by atoms with Crippen molar-refractivity contribution in [2.45, 2.75) is 12.3 Å². The Bertz CT molecular complexity index is 743. The molecule has 0 amide bonds. The van der Waals surface area contributed by atoms with Gasteiger partial charge in [-0.1, -0.05) is 78.9 Å². The summed E-state index contributed by atoms with van der Waals surface area (Å²) in [4.78, 5) is 0. The van der Waals surface area contributed by atoms with Gasteiger partial charge >= 0.3 is 6.18 Å². The Morgan fingerprint density at radius 1 is 0.667 bits per heavy atom. The molecule has 0 radical (unpaired) electrons. The summed E-state index contributed by atoms with van der Waals surface area (Å²) in [5.41, 5.74) is 0.125. The average Bonchev–Trinajstić information content (AvgIpc) is 2.61. The molecule has 0 spiro atoms. The fraction of sp³-hybridized carbons (Fsp3) is 0.100. The molecule has 3 aromatic rings. The van der Waals surface area contributed by atoms with Crippen LogP contribution in [0.15, 0.2) is 84.9 Å². The first-order valence-electron chi connectivity index (χ1n) is 7.58. The van der Waals surface area contributed by atoms with Crippen LogP contribution in [0.2, 0.25) is 0 Å². The fourth-order valence-corrected chi connectivity index (χ4v) is 4.87. The Morgan fingerprint density at radius 2 is 1.21 bits per heavy atom. The van der Waals surface area contributed by atoms with Crippen LogP contribution in [0.25, 0.3) is 0 Å². The number of halogens is 3. The molecule has 0 unspecified atom stereocenters. The Labute approximate surface area is 140 Å². The predicted molar refractivity (Wildman–Crippen MR) is 94.2 cm³/mol. The fourth-order valence-electron chi connectivity index (χ4n) is 2.58. The summed E-state index contributed by atoms with van der Waals surface area (Å²) < 4.78 is 38.9. The lowest BCUT2D eigenvalue weighted by atomic mass is 10.1. The summed E-state index contributed by atoms with van der Waals surface area (Å²) in [6, 6.07) is 25.6. The summed E-state index contributed by atoms with van der Waals surface area (Å²) in [7, 11) is -0.743. The van der Waals surface area contributed by atoms with E-state index in [9.17, 15) is 13.2 Å². The van der Waals surface area contributed by atoms with Crippen LogP contribution in [-0.2, 0) is 12.3 Å². The van der Waals surface area contributed by atoms with Crippen molar-refractivity contribution in [2.75, 3.05) is 0 Å². The Hall–Kier alpha value is -2.12. The minimum absolute atomic E-state index is 0.587. The molecule has 0 heterocycles. The van der Waals surface area contributed by atoms with Crippen LogP contribution in [0.4, 0.5) is 13.2 Å². The van der Waals surface area contributed by atoms with Crippen LogP contribution in [0.3, 0.4) is 0 Å². The second kappa shape index (κ2) is 7.19. The number of benzene rings is 3. The molecule has 0 aliphatic rings. The van der Waals surface area contributed by atoms with Gasteiger partial charge in [0, 0.05) is 6.16 Å². The van der Waals surface area contributed by atoms with Crippen molar-refractivity contribution in [3.05, 3.63) is 96.1 Å². The van der Waals surface area contributed by atoms with Crippen LogP contribution < -0.4 is 10.6 Å². The lowest BCUT2D eigenvalue weighted by Crippen LogP contribution is -2.13.